The van der Waals surface area contributed by atoms with E-state index in [1.165, 1.54) is 6.42 Å². The van der Waals surface area contributed by atoms with Gasteiger partial charge in [-0.15, -0.1) is 0 Å². The Bertz CT molecular complexity index is 172. The molecule has 2 nitrogen and oxygen atoms in total. The summed E-state index contributed by atoms with van der Waals surface area (Å²) in [6.45, 7) is 13.5. The second kappa shape index (κ2) is 5.86. The number of nitrogens with two attached hydrogens (primary N) is 1. The lowest BCUT2D eigenvalue weighted by Gasteiger charge is -2.44. The highest BCUT2D eigenvalue weighted by Crippen LogP contribution is 2.28. The highest BCUT2D eigenvalue weighted by molar-refractivity contribution is 4.90. The first-order valence-electron chi connectivity index (χ1n) is 6.23. The first-order chi connectivity index (χ1) is 6.75. The molecule has 0 aromatic rings. The van der Waals surface area contributed by atoms with Gasteiger partial charge in [0.2, 0.25) is 0 Å². The third kappa shape index (κ3) is 4.12. The molecule has 0 aliphatic carbocycles. The molecule has 0 rings (SSSR count). The molecule has 2 heteroatoms. The SMILES string of the molecule is CCC(N)C(N(C)C(C)CC)C(C)(C)C. The van der Waals surface area contributed by atoms with Crippen LogP contribution in [-0.2, 0) is 0 Å². The summed E-state index contributed by atoms with van der Waals surface area (Å²) in [6.07, 6.45) is 2.22. The van der Waals surface area contributed by atoms with Crippen LogP contribution in [0, 0.1) is 5.41 Å². The number of hydrogen-bond donors (Lipinski definition) is 1. The van der Waals surface area contributed by atoms with Gasteiger partial charge in [0, 0.05) is 18.1 Å². The van der Waals surface area contributed by atoms with Crippen molar-refractivity contribution in [2.45, 2.75) is 72.5 Å². The molecule has 92 valence electrons. The molecule has 15 heavy (non-hydrogen) atoms. The molecule has 0 aromatic heterocycles. The van der Waals surface area contributed by atoms with Crippen molar-refractivity contribution in [3.05, 3.63) is 0 Å². The van der Waals surface area contributed by atoms with Crippen LogP contribution in [0.15, 0.2) is 0 Å². The molecular formula is C13H30N2. The van der Waals surface area contributed by atoms with E-state index in [9.17, 15) is 0 Å². The first-order valence-corrected chi connectivity index (χ1v) is 6.23. The summed E-state index contributed by atoms with van der Waals surface area (Å²) in [6, 6.07) is 1.33. The Kier molecular flexibility index (Phi) is 5.82. The Morgan fingerprint density at radius 2 is 1.60 bits per heavy atom. The van der Waals surface area contributed by atoms with Gasteiger partial charge < -0.3 is 5.73 Å². The van der Waals surface area contributed by atoms with Crippen LogP contribution in [0.4, 0.5) is 0 Å². The van der Waals surface area contributed by atoms with Crippen molar-refractivity contribution in [3.63, 3.8) is 0 Å². The van der Waals surface area contributed by atoms with Crippen molar-refractivity contribution in [1.29, 1.82) is 0 Å². The minimum Gasteiger partial charge on any atom is -0.326 e. The first kappa shape index (κ1) is 14.9. The number of hydrogen-bond acceptors (Lipinski definition) is 2. The Morgan fingerprint density at radius 1 is 1.13 bits per heavy atom. The number of likely N-dealkylation sites (N-methyl/N-ethyl adjacent to an activating group) is 1. The maximum atomic E-state index is 6.26. The summed E-state index contributed by atoms with van der Waals surface area (Å²) in [5.41, 5.74) is 6.50. The molecule has 2 N–H and O–H groups in total. The van der Waals surface area contributed by atoms with Gasteiger partial charge in [0.05, 0.1) is 0 Å². The Balaban J connectivity index is 4.78. The summed E-state index contributed by atoms with van der Waals surface area (Å²) >= 11 is 0. The van der Waals surface area contributed by atoms with Crippen molar-refractivity contribution < 1.29 is 0 Å². The van der Waals surface area contributed by atoms with Gasteiger partial charge >= 0.3 is 0 Å². The van der Waals surface area contributed by atoms with E-state index in [2.05, 4.69) is 53.5 Å². The second-order valence-corrected chi connectivity index (χ2v) is 5.81. The third-order valence-electron chi connectivity index (χ3n) is 3.49. The van der Waals surface area contributed by atoms with E-state index in [1.807, 2.05) is 0 Å². The zero-order valence-electron chi connectivity index (χ0n) is 11.7. The molecule has 0 radical (unpaired) electrons. The smallest absolute Gasteiger partial charge is 0.0295 e. The molecule has 0 amide bonds. The molecule has 3 atom stereocenters. The van der Waals surface area contributed by atoms with Crippen molar-refractivity contribution in [3.8, 4) is 0 Å². The van der Waals surface area contributed by atoms with E-state index in [0.29, 0.717) is 12.1 Å². The van der Waals surface area contributed by atoms with Crippen LogP contribution in [0.3, 0.4) is 0 Å². The monoisotopic (exact) mass is 214 g/mol. The highest BCUT2D eigenvalue weighted by Gasteiger charge is 2.34. The van der Waals surface area contributed by atoms with Gasteiger partial charge in [-0.05, 0) is 32.2 Å². The van der Waals surface area contributed by atoms with Crippen LogP contribution in [-0.4, -0.2) is 30.1 Å². The molecule has 0 aliphatic rings. The molecule has 3 unspecified atom stereocenters. The molecule has 0 spiro atoms. The summed E-state index contributed by atoms with van der Waals surface area (Å²) < 4.78 is 0. The molecule has 0 bridgehead atoms. The van der Waals surface area contributed by atoms with E-state index >= 15 is 0 Å². The zero-order chi connectivity index (χ0) is 12.2. The van der Waals surface area contributed by atoms with Gasteiger partial charge in [-0.3, -0.25) is 4.90 Å². The molecule has 0 fully saturated rings. The lowest BCUT2D eigenvalue weighted by atomic mass is 9.80. The van der Waals surface area contributed by atoms with Crippen molar-refractivity contribution in [2.75, 3.05) is 7.05 Å². The van der Waals surface area contributed by atoms with Crippen molar-refractivity contribution in [2.24, 2.45) is 11.1 Å². The third-order valence-corrected chi connectivity index (χ3v) is 3.49. The molecule has 0 aliphatic heterocycles. The summed E-state index contributed by atoms with van der Waals surface area (Å²) in [5.74, 6) is 0. The van der Waals surface area contributed by atoms with Gasteiger partial charge in [0.1, 0.15) is 0 Å². The average Bonchev–Trinajstić information content (AvgIpc) is 2.14. The number of nitrogens with zero attached hydrogens (tertiary/aromatic N) is 1. The summed E-state index contributed by atoms with van der Waals surface area (Å²) in [7, 11) is 2.21. The van der Waals surface area contributed by atoms with E-state index in [0.717, 1.165) is 6.42 Å². The van der Waals surface area contributed by atoms with Crippen molar-refractivity contribution in [1.82, 2.24) is 4.90 Å². The summed E-state index contributed by atoms with van der Waals surface area (Å²) in [5, 5.41) is 0. The van der Waals surface area contributed by atoms with Gasteiger partial charge in [-0.25, -0.2) is 0 Å². The van der Waals surface area contributed by atoms with E-state index < -0.39 is 0 Å². The Labute approximate surface area is 96.2 Å². The Morgan fingerprint density at radius 3 is 1.87 bits per heavy atom. The average molecular weight is 214 g/mol. The fourth-order valence-corrected chi connectivity index (χ4v) is 2.34. The minimum absolute atomic E-state index is 0.244. The van der Waals surface area contributed by atoms with E-state index in [4.69, 9.17) is 5.73 Å². The van der Waals surface area contributed by atoms with Crippen LogP contribution in [0.25, 0.3) is 0 Å². The quantitative estimate of drug-likeness (QED) is 0.762. The maximum Gasteiger partial charge on any atom is 0.0295 e. The highest BCUT2D eigenvalue weighted by atomic mass is 15.2. The topological polar surface area (TPSA) is 29.3 Å². The second-order valence-electron chi connectivity index (χ2n) is 5.81. The maximum absolute atomic E-state index is 6.26. The molecule has 0 heterocycles. The van der Waals surface area contributed by atoms with E-state index in [-0.39, 0.29) is 11.5 Å². The lowest BCUT2D eigenvalue weighted by Crippen LogP contribution is -2.55. The van der Waals surface area contributed by atoms with Gasteiger partial charge in [-0.2, -0.15) is 0 Å². The largest absolute Gasteiger partial charge is 0.326 e. The normalized spacial score (nSPS) is 19.0. The van der Waals surface area contributed by atoms with Gasteiger partial charge in [-0.1, -0.05) is 34.6 Å². The minimum atomic E-state index is 0.244. The van der Waals surface area contributed by atoms with Gasteiger partial charge in [0.25, 0.3) is 0 Å². The van der Waals surface area contributed by atoms with E-state index in [1.54, 1.807) is 0 Å². The fraction of sp³-hybridized carbons (Fsp3) is 1.00. The zero-order valence-corrected chi connectivity index (χ0v) is 11.7. The molecule has 0 saturated heterocycles. The molecule has 0 saturated carbocycles. The van der Waals surface area contributed by atoms with Crippen molar-refractivity contribution >= 4 is 0 Å². The van der Waals surface area contributed by atoms with Crippen LogP contribution in [0.1, 0.15) is 54.4 Å². The lowest BCUT2D eigenvalue weighted by molar-refractivity contribution is 0.0677. The fourth-order valence-electron chi connectivity index (χ4n) is 2.34. The van der Waals surface area contributed by atoms with Crippen LogP contribution in [0.5, 0.6) is 0 Å². The van der Waals surface area contributed by atoms with Crippen LogP contribution < -0.4 is 5.73 Å². The standard InChI is InChI=1S/C13H30N2/c1-8-10(3)15(7)12(11(14)9-2)13(4,5)6/h10-12H,8-9,14H2,1-7H3. The molecule has 0 aromatic carbocycles. The summed E-state index contributed by atoms with van der Waals surface area (Å²) in [4.78, 5) is 2.45. The Hall–Kier alpha value is -0.0800. The van der Waals surface area contributed by atoms with Crippen LogP contribution in [0.2, 0.25) is 0 Å². The number of rotatable bonds is 5. The van der Waals surface area contributed by atoms with Crippen LogP contribution >= 0.6 is 0 Å². The van der Waals surface area contributed by atoms with Gasteiger partial charge in [0.15, 0.2) is 0 Å². The predicted octanol–water partition coefficient (Wildman–Crippen LogP) is 2.87. The predicted molar refractivity (Wildman–Crippen MR) is 69.0 cm³/mol. The molecular weight excluding hydrogens is 184 g/mol.